The highest BCUT2D eigenvalue weighted by atomic mass is 35.5. The van der Waals surface area contributed by atoms with Gasteiger partial charge in [0, 0.05) is 22.9 Å². The Morgan fingerprint density at radius 2 is 2.04 bits per heavy atom. The Kier molecular flexibility index (Phi) is 5.60. The highest BCUT2D eigenvalue weighted by Crippen LogP contribution is 2.23. The van der Waals surface area contributed by atoms with Crippen LogP contribution in [0.2, 0.25) is 5.02 Å². The van der Waals surface area contributed by atoms with E-state index in [-0.39, 0.29) is 16.5 Å². The van der Waals surface area contributed by atoms with Crippen LogP contribution in [0.4, 0.5) is 10.2 Å². The predicted octanol–water partition coefficient (Wildman–Crippen LogP) is 3.89. The number of rotatable bonds is 5. The van der Waals surface area contributed by atoms with Crippen molar-refractivity contribution in [1.82, 2.24) is 19.7 Å². The number of aryl methyl sites for hydroxylation is 2. The number of anilines is 1. The average Bonchev–Trinajstić information content (AvgIpc) is 3.03. The number of benzene rings is 1. The third-order valence-electron chi connectivity index (χ3n) is 4.16. The lowest BCUT2D eigenvalue weighted by Crippen LogP contribution is -2.17. The molecule has 0 fully saturated rings. The van der Waals surface area contributed by atoms with Gasteiger partial charge in [0.1, 0.15) is 11.6 Å². The molecule has 28 heavy (non-hydrogen) atoms. The first kappa shape index (κ1) is 19.8. The first-order valence-corrected chi connectivity index (χ1v) is 8.96. The van der Waals surface area contributed by atoms with Gasteiger partial charge in [0.2, 0.25) is 5.88 Å². The first-order valence-electron chi connectivity index (χ1n) is 8.59. The minimum Gasteiger partial charge on any atom is -0.481 e. The van der Waals surface area contributed by atoms with Gasteiger partial charge < -0.3 is 10.1 Å². The van der Waals surface area contributed by atoms with Crippen LogP contribution in [0.25, 0.3) is 5.95 Å². The fourth-order valence-corrected chi connectivity index (χ4v) is 2.97. The SMILES string of the molecule is CCc1c(C)nc(-n2nc(C)cc2NC(=O)c2ccc(F)c(Cl)c2)nc1OC. The Hall–Kier alpha value is -3.00. The van der Waals surface area contributed by atoms with E-state index >= 15 is 0 Å². The van der Waals surface area contributed by atoms with Gasteiger partial charge in [0.05, 0.1) is 17.8 Å². The van der Waals surface area contributed by atoms with E-state index in [2.05, 4.69) is 20.4 Å². The predicted molar refractivity (Wildman–Crippen MR) is 104 cm³/mol. The van der Waals surface area contributed by atoms with Crippen LogP contribution in [0.3, 0.4) is 0 Å². The zero-order valence-corrected chi connectivity index (χ0v) is 16.6. The number of ether oxygens (including phenoxy) is 1. The molecule has 0 saturated carbocycles. The van der Waals surface area contributed by atoms with Gasteiger partial charge in [-0.1, -0.05) is 18.5 Å². The summed E-state index contributed by atoms with van der Waals surface area (Å²) in [5.74, 6) is 0.0458. The van der Waals surface area contributed by atoms with Gasteiger partial charge in [-0.15, -0.1) is 0 Å². The number of nitrogens with one attached hydrogen (secondary N) is 1. The van der Waals surface area contributed by atoms with E-state index in [1.165, 1.54) is 16.8 Å². The lowest BCUT2D eigenvalue weighted by molar-refractivity contribution is 0.102. The van der Waals surface area contributed by atoms with E-state index in [0.29, 0.717) is 17.4 Å². The van der Waals surface area contributed by atoms with Crippen molar-refractivity contribution in [2.75, 3.05) is 12.4 Å². The highest BCUT2D eigenvalue weighted by molar-refractivity contribution is 6.31. The number of carbonyl (C=O) groups is 1. The van der Waals surface area contributed by atoms with Crippen LogP contribution < -0.4 is 10.1 Å². The van der Waals surface area contributed by atoms with Crippen LogP contribution in [0.5, 0.6) is 5.88 Å². The van der Waals surface area contributed by atoms with Gasteiger partial charge in [-0.3, -0.25) is 4.79 Å². The molecule has 9 heteroatoms. The van der Waals surface area contributed by atoms with Crippen molar-refractivity contribution in [3.05, 3.63) is 57.6 Å². The van der Waals surface area contributed by atoms with Crippen molar-refractivity contribution >= 4 is 23.3 Å². The second kappa shape index (κ2) is 7.93. The van der Waals surface area contributed by atoms with Crippen LogP contribution in [-0.4, -0.2) is 32.8 Å². The summed E-state index contributed by atoms with van der Waals surface area (Å²) in [6.45, 7) is 5.64. The lowest BCUT2D eigenvalue weighted by atomic mass is 10.2. The summed E-state index contributed by atoms with van der Waals surface area (Å²) >= 11 is 5.77. The van der Waals surface area contributed by atoms with Gasteiger partial charge in [-0.25, -0.2) is 9.37 Å². The Bertz CT molecular complexity index is 1050. The summed E-state index contributed by atoms with van der Waals surface area (Å²) < 4.78 is 20.1. The van der Waals surface area contributed by atoms with E-state index in [0.717, 1.165) is 23.7 Å². The molecule has 0 aliphatic rings. The van der Waals surface area contributed by atoms with E-state index in [1.54, 1.807) is 20.1 Å². The maximum atomic E-state index is 13.3. The number of hydrogen-bond acceptors (Lipinski definition) is 5. The maximum absolute atomic E-state index is 13.3. The summed E-state index contributed by atoms with van der Waals surface area (Å²) in [6, 6.07) is 5.44. The minimum atomic E-state index is -0.592. The Morgan fingerprint density at radius 3 is 2.68 bits per heavy atom. The second-order valence-electron chi connectivity index (χ2n) is 6.12. The summed E-state index contributed by atoms with van der Waals surface area (Å²) in [6.07, 6.45) is 0.725. The molecule has 0 aliphatic heterocycles. The second-order valence-corrected chi connectivity index (χ2v) is 6.52. The molecule has 2 heterocycles. The number of amides is 1. The van der Waals surface area contributed by atoms with Crippen LogP contribution in [0.15, 0.2) is 24.3 Å². The maximum Gasteiger partial charge on any atom is 0.256 e. The molecular formula is C19H19ClFN5O2. The molecule has 1 amide bonds. The van der Waals surface area contributed by atoms with Gasteiger partial charge >= 0.3 is 0 Å². The third-order valence-corrected chi connectivity index (χ3v) is 4.45. The van der Waals surface area contributed by atoms with E-state index in [1.807, 2.05) is 13.8 Å². The molecule has 0 unspecified atom stereocenters. The van der Waals surface area contributed by atoms with Crippen LogP contribution >= 0.6 is 11.6 Å². The highest BCUT2D eigenvalue weighted by Gasteiger charge is 2.18. The molecule has 0 radical (unpaired) electrons. The largest absolute Gasteiger partial charge is 0.481 e. The molecule has 0 spiro atoms. The Balaban J connectivity index is 1.99. The number of hydrogen-bond donors (Lipinski definition) is 1. The van der Waals surface area contributed by atoms with Crippen LogP contribution in [0, 0.1) is 19.7 Å². The minimum absolute atomic E-state index is 0.129. The standard InChI is InChI=1S/C19H19ClFN5O2/c1-5-13-11(3)22-19(24-18(13)28-4)26-16(8-10(2)25-26)23-17(27)12-6-7-15(21)14(20)9-12/h6-9H,5H2,1-4H3,(H,23,27). The van der Waals surface area contributed by atoms with E-state index in [9.17, 15) is 9.18 Å². The fourth-order valence-electron chi connectivity index (χ4n) is 2.79. The molecule has 146 valence electrons. The number of nitrogens with zero attached hydrogens (tertiary/aromatic N) is 4. The van der Waals surface area contributed by atoms with Gasteiger partial charge in [0.15, 0.2) is 0 Å². The van der Waals surface area contributed by atoms with Gasteiger partial charge in [-0.05, 0) is 38.5 Å². The molecule has 0 bridgehead atoms. The number of halogens is 2. The molecule has 2 aromatic heterocycles. The average molecular weight is 404 g/mol. The van der Waals surface area contributed by atoms with E-state index < -0.39 is 11.7 Å². The van der Waals surface area contributed by atoms with Crippen LogP contribution in [0.1, 0.15) is 34.2 Å². The van der Waals surface area contributed by atoms with Gasteiger partial charge in [-0.2, -0.15) is 14.8 Å². The van der Waals surface area contributed by atoms with Crippen molar-refractivity contribution in [1.29, 1.82) is 0 Å². The molecular weight excluding hydrogens is 385 g/mol. The van der Waals surface area contributed by atoms with Gasteiger partial charge in [0.25, 0.3) is 11.9 Å². The van der Waals surface area contributed by atoms with Crippen molar-refractivity contribution in [3.8, 4) is 11.8 Å². The zero-order valence-electron chi connectivity index (χ0n) is 15.9. The quantitative estimate of drug-likeness (QED) is 0.698. The normalized spacial score (nSPS) is 10.8. The van der Waals surface area contributed by atoms with Crippen molar-refractivity contribution in [2.45, 2.75) is 27.2 Å². The smallest absolute Gasteiger partial charge is 0.256 e. The molecule has 0 atom stereocenters. The summed E-state index contributed by atoms with van der Waals surface area (Å²) in [4.78, 5) is 21.5. The lowest BCUT2D eigenvalue weighted by Gasteiger charge is -2.12. The molecule has 3 aromatic rings. The number of methoxy groups -OCH3 is 1. The van der Waals surface area contributed by atoms with Crippen molar-refractivity contribution in [3.63, 3.8) is 0 Å². The Labute approximate surface area is 166 Å². The first-order chi connectivity index (χ1) is 13.3. The molecule has 3 rings (SSSR count). The van der Waals surface area contributed by atoms with Crippen molar-refractivity contribution in [2.24, 2.45) is 0 Å². The summed E-state index contributed by atoms with van der Waals surface area (Å²) in [7, 11) is 1.54. The summed E-state index contributed by atoms with van der Waals surface area (Å²) in [5.41, 5.74) is 2.54. The van der Waals surface area contributed by atoms with Crippen molar-refractivity contribution < 1.29 is 13.9 Å². The fraction of sp³-hybridized carbons (Fsp3) is 0.263. The molecule has 1 N–H and O–H groups in total. The van der Waals surface area contributed by atoms with E-state index in [4.69, 9.17) is 16.3 Å². The molecule has 7 nitrogen and oxygen atoms in total. The number of carbonyl (C=O) groups excluding carboxylic acids is 1. The zero-order chi connectivity index (χ0) is 20.4. The van der Waals surface area contributed by atoms with Crippen LogP contribution in [-0.2, 0) is 6.42 Å². The Morgan fingerprint density at radius 1 is 1.29 bits per heavy atom. The summed E-state index contributed by atoms with van der Waals surface area (Å²) in [5, 5.41) is 6.98. The number of aromatic nitrogens is 4. The third kappa shape index (κ3) is 3.82. The monoisotopic (exact) mass is 403 g/mol. The molecule has 1 aromatic carbocycles. The molecule has 0 aliphatic carbocycles. The molecule has 0 saturated heterocycles. The topological polar surface area (TPSA) is 81.9 Å².